The summed E-state index contributed by atoms with van der Waals surface area (Å²) in [5.74, 6) is -6.77. The molecule has 0 aliphatic heterocycles. The Morgan fingerprint density at radius 3 is 2.26 bits per heavy atom. The molecule has 0 unspecified atom stereocenters. The molecular formula is C30H30N2O7. The number of phenolic OH excluding ortho intramolecular Hbond substituents is 1. The number of aliphatic hydroxyl groups is 2. The van der Waals surface area contributed by atoms with E-state index in [1.807, 2.05) is 6.07 Å². The van der Waals surface area contributed by atoms with E-state index in [2.05, 4.69) is 9.97 Å². The lowest BCUT2D eigenvalue weighted by Crippen LogP contribution is -2.63. The topological polar surface area (TPSA) is 139 Å². The van der Waals surface area contributed by atoms with E-state index < -0.39 is 28.9 Å². The molecule has 0 radical (unpaired) electrons. The van der Waals surface area contributed by atoms with Gasteiger partial charge in [0.1, 0.15) is 5.75 Å². The van der Waals surface area contributed by atoms with Crippen LogP contribution in [0.2, 0.25) is 0 Å². The Hall–Kier alpha value is -3.82. The summed E-state index contributed by atoms with van der Waals surface area (Å²) in [5, 5.41) is 34.3. The molecule has 2 aromatic heterocycles. The van der Waals surface area contributed by atoms with Crippen molar-refractivity contribution < 1.29 is 34.4 Å². The number of fused-ring (bicyclic) bond motifs is 5. The summed E-state index contributed by atoms with van der Waals surface area (Å²) in [7, 11) is 0. The van der Waals surface area contributed by atoms with E-state index in [9.17, 15) is 24.9 Å². The quantitative estimate of drug-likeness (QED) is 0.340. The van der Waals surface area contributed by atoms with Crippen LogP contribution in [0.4, 0.5) is 0 Å². The molecule has 0 saturated heterocycles. The molecule has 39 heavy (non-hydrogen) atoms. The number of ether oxygens (including phenoxy) is 2. The van der Waals surface area contributed by atoms with Crippen molar-refractivity contribution in [3.63, 3.8) is 0 Å². The molecule has 2 fully saturated rings. The maximum Gasteiger partial charge on any atom is 0.342 e. The molecule has 0 amide bonds. The van der Waals surface area contributed by atoms with E-state index in [1.54, 1.807) is 31.2 Å². The van der Waals surface area contributed by atoms with Gasteiger partial charge in [-0.2, -0.15) is 0 Å². The third-order valence-corrected chi connectivity index (χ3v) is 9.20. The zero-order valence-electron chi connectivity index (χ0n) is 21.5. The van der Waals surface area contributed by atoms with Gasteiger partial charge in [0.25, 0.3) is 11.6 Å². The number of esters is 2. The van der Waals surface area contributed by atoms with E-state index in [0.717, 1.165) is 24.0 Å². The summed E-state index contributed by atoms with van der Waals surface area (Å²) >= 11 is 0. The highest BCUT2D eigenvalue weighted by atomic mass is 16.7. The number of phenols is 1. The monoisotopic (exact) mass is 530 g/mol. The Kier molecular flexibility index (Phi) is 5.96. The maximum atomic E-state index is 13.2. The Balaban J connectivity index is 1.40. The summed E-state index contributed by atoms with van der Waals surface area (Å²) in [6.07, 6.45) is 8.05. The van der Waals surface area contributed by atoms with E-state index in [0.29, 0.717) is 12.8 Å². The fourth-order valence-corrected chi connectivity index (χ4v) is 7.25. The molecule has 9 heteroatoms. The summed E-state index contributed by atoms with van der Waals surface area (Å²) in [6, 6.07) is 11.5. The number of hydrogen-bond donors (Lipinski definition) is 3. The number of carbonyl (C=O) groups is 2. The van der Waals surface area contributed by atoms with Gasteiger partial charge in [0, 0.05) is 36.6 Å². The second-order valence-electron chi connectivity index (χ2n) is 11.1. The molecule has 6 atom stereocenters. The van der Waals surface area contributed by atoms with Crippen LogP contribution in [0.5, 0.6) is 5.75 Å². The van der Waals surface area contributed by atoms with E-state index in [4.69, 9.17) is 9.47 Å². The van der Waals surface area contributed by atoms with Crippen molar-refractivity contribution in [2.45, 2.75) is 56.5 Å². The summed E-state index contributed by atoms with van der Waals surface area (Å²) in [4.78, 5) is 34.3. The van der Waals surface area contributed by atoms with Crippen LogP contribution in [0.1, 0.15) is 70.4 Å². The van der Waals surface area contributed by atoms with Crippen LogP contribution in [0.15, 0.2) is 67.3 Å². The third-order valence-electron chi connectivity index (χ3n) is 9.20. The van der Waals surface area contributed by atoms with Gasteiger partial charge in [-0.3, -0.25) is 9.97 Å². The van der Waals surface area contributed by atoms with Gasteiger partial charge in [-0.1, -0.05) is 13.0 Å². The van der Waals surface area contributed by atoms with Crippen LogP contribution in [0.3, 0.4) is 0 Å². The van der Waals surface area contributed by atoms with E-state index in [-0.39, 0.29) is 41.1 Å². The lowest BCUT2D eigenvalue weighted by atomic mass is 9.55. The fraction of sp³-hybridized carbons (Fsp3) is 0.400. The molecule has 0 spiro atoms. The molecule has 1 aromatic carbocycles. The molecule has 3 N–H and O–H groups in total. The van der Waals surface area contributed by atoms with Crippen molar-refractivity contribution in [2.24, 2.45) is 17.3 Å². The standard InChI is InChI=1S/C30H30N2O7/c1-28-11-10-23-22-9-7-21(33)14-18(22)6-8-24(23)25(28)15-29(36,38-26(34)19-4-2-12-31-16-19)30(28,37)39-27(35)20-5-3-13-32-17-20/h2-5,7,9,12-14,16-17,23-25,33,36-37H,6,8,10-11,15H2,1H3/t23-,24-,25+,28+,29-,30-/m1/s1. The molecular weight excluding hydrogens is 500 g/mol. The zero-order valence-corrected chi connectivity index (χ0v) is 21.5. The largest absolute Gasteiger partial charge is 0.508 e. The molecule has 0 bridgehead atoms. The van der Waals surface area contributed by atoms with Gasteiger partial charge in [0.15, 0.2) is 0 Å². The molecule has 202 valence electrons. The van der Waals surface area contributed by atoms with Crippen LogP contribution in [-0.4, -0.2) is 48.8 Å². The second kappa shape index (κ2) is 9.14. The van der Waals surface area contributed by atoms with Crippen molar-refractivity contribution >= 4 is 11.9 Å². The van der Waals surface area contributed by atoms with Gasteiger partial charge in [0.05, 0.1) is 11.1 Å². The first-order chi connectivity index (χ1) is 18.7. The number of aromatic nitrogens is 2. The summed E-state index contributed by atoms with van der Waals surface area (Å²) in [6.45, 7) is 1.80. The Morgan fingerprint density at radius 2 is 1.62 bits per heavy atom. The van der Waals surface area contributed by atoms with Gasteiger partial charge >= 0.3 is 11.9 Å². The first-order valence-electron chi connectivity index (χ1n) is 13.2. The highest BCUT2D eigenvalue weighted by molar-refractivity contribution is 5.90. The number of aryl methyl sites for hydroxylation is 1. The summed E-state index contributed by atoms with van der Waals surface area (Å²) in [5.41, 5.74) is 1.30. The first kappa shape index (κ1) is 25.5. The molecule has 2 saturated carbocycles. The molecule has 6 rings (SSSR count). The Morgan fingerprint density at radius 1 is 0.949 bits per heavy atom. The third kappa shape index (κ3) is 3.91. The SMILES string of the molecule is C[C@]12CC[C@@H]3c4ccc(O)cc4CC[C@H]3[C@@H]1C[C@@](O)(OC(=O)c1cccnc1)[C@]2(O)OC(=O)c1cccnc1. The number of rotatable bonds is 4. The number of nitrogens with zero attached hydrogens (tertiary/aromatic N) is 2. The van der Waals surface area contributed by atoms with Gasteiger partial charge in [0.2, 0.25) is 0 Å². The number of hydrogen-bond acceptors (Lipinski definition) is 9. The minimum atomic E-state index is -2.53. The van der Waals surface area contributed by atoms with Crippen molar-refractivity contribution in [1.29, 1.82) is 0 Å². The molecule has 3 aromatic rings. The predicted molar refractivity (Wildman–Crippen MR) is 137 cm³/mol. The van der Waals surface area contributed by atoms with Crippen LogP contribution < -0.4 is 0 Å². The minimum absolute atomic E-state index is 0.0236. The van der Waals surface area contributed by atoms with Gasteiger partial charge in [-0.25, -0.2) is 9.59 Å². The fourth-order valence-electron chi connectivity index (χ4n) is 7.25. The summed E-state index contributed by atoms with van der Waals surface area (Å²) < 4.78 is 11.4. The van der Waals surface area contributed by atoms with Gasteiger partial charge < -0.3 is 24.8 Å². The zero-order chi connectivity index (χ0) is 27.4. The van der Waals surface area contributed by atoms with E-state index in [1.165, 1.54) is 36.9 Å². The van der Waals surface area contributed by atoms with Crippen LogP contribution in [-0.2, 0) is 15.9 Å². The second-order valence-corrected chi connectivity index (χ2v) is 11.1. The van der Waals surface area contributed by atoms with Crippen LogP contribution >= 0.6 is 0 Å². The smallest absolute Gasteiger partial charge is 0.342 e. The van der Waals surface area contributed by atoms with Crippen LogP contribution in [0.25, 0.3) is 0 Å². The molecule has 9 nitrogen and oxygen atoms in total. The Bertz CT molecular complexity index is 1420. The number of pyridine rings is 2. The highest BCUT2D eigenvalue weighted by Gasteiger charge is 2.77. The van der Waals surface area contributed by atoms with Crippen molar-refractivity contribution in [1.82, 2.24) is 9.97 Å². The normalized spacial score (nSPS) is 32.8. The molecule has 3 aliphatic carbocycles. The Labute approximate surface area is 225 Å². The average Bonchev–Trinajstić information content (AvgIpc) is 3.11. The van der Waals surface area contributed by atoms with E-state index >= 15 is 0 Å². The maximum absolute atomic E-state index is 13.2. The van der Waals surface area contributed by atoms with Crippen LogP contribution in [0, 0.1) is 17.3 Å². The lowest BCUT2D eigenvalue weighted by molar-refractivity contribution is -0.366. The van der Waals surface area contributed by atoms with Crippen molar-refractivity contribution in [2.75, 3.05) is 0 Å². The molecule has 3 aliphatic rings. The first-order valence-corrected chi connectivity index (χ1v) is 13.2. The number of aromatic hydroxyl groups is 1. The minimum Gasteiger partial charge on any atom is -0.508 e. The van der Waals surface area contributed by atoms with Gasteiger partial charge in [-0.15, -0.1) is 0 Å². The number of carbonyl (C=O) groups excluding carboxylic acids is 2. The number of benzene rings is 1. The average molecular weight is 531 g/mol. The molecule has 2 heterocycles. The predicted octanol–water partition coefficient (Wildman–Crippen LogP) is 3.74. The van der Waals surface area contributed by atoms with Crippen molar-refractivity contribution in [3.05, 3.63) is 89.5 Å². The highest BCUT2D eigenvalue weighted by Crippen LogP contribution is 2.67. The lowest BCUT2D eigenvalue weighted by Gasteiger charge is -2.52. The van der Waals surface area contributed by atoms with Gasteiger partial charge in [-0.05, 0) is 91.0 Å². The van der Waals surface area contributed by atoms with Crippen molar-refractivity contribution in [3.8, 4) is 5.75 Å².